The van der Waals surface area contributed by atoms with Crippen molar-refractivity contribution in [1.29, 1.82) is 0 Å². The molecule has 108 valence electrons. The van der Waals surface area contributed by atoms with Gasteiger partial charge in [0.1, 0.15) is 5.75 Å². The SMILES string of the molecule is Cc1cnc(S(=O)(=O)Cc2csc(C(C)(C)C)n2)nc1. The highest BCUT2D eigenvalue weighted by Crippen LogP contribution is 2.26. The van der Waals surface area contributed by atoms with Crippen LogP contribution in [-0.4, -0.2) is 23.4 Å². The van der Waals surface area contributed by atoms with Crippen LogP contribution < -0.4 is 0 Å². The predicted molar refractivity (Wildman–Crippen MR) is 78.5 cm³/mol. The minimum atomic E-state index is -3.54. The van der Waals surface area contributed by atoms with E-state index in [-0.39, 0.29) is 16.3 Å². The molecule has 0 spiro atoms. The maximum atomic E-state index is 12.2. The molecular weight excluding hydrogens is 294 g/mol. The smallest absolute Gasteiger partial charge is 0.245 e. The second-order valence-electron chi connectivity index (χ2n) is 5.70. The van der Waals surface area contributed by atoms with Crippen molar-refractivity contribution in [2.75, 3.05) is 0 Å². The van der Waals surface area contributed by atoms with Crippen molar-refractivity contribution < 1.29 is 8.42 Å². The summed E-state index contributed by atoms with van der Waals surface area (Å²) in [5, 5.41) is 2.56. The van der Waals surface area contributed by atoms with Gasteiger partial charge in [-0.15, -0.1) is 11.3 Å². The lowest BCUT2D eigenvalue weighted by molar-refractivity contribution is 0.578. The molecule has 0 N–H and O–H groups in total. The van der Waals surface area contributed by atoms with Crippen LogP contribution in [0.4, 0.5) is 0 Å². The van der Waals surface area contributed by atoms with Crippen molar-refractivity contribution in [2.45, 2.75) is 44.0 Å². The lowest BCUT2D eigenvalue weighted by Gasteiger charge is -2.13. The van der Waals surface area contributed by atoms with E-state index >= 15 is 0 Å². The Bertz CT molecular complexity index is 698. The molecule has 0 aromatic carbocycles. The van der Waals surface area contributed by atoms with E-state index in [4.69, 9.17) is 0 Å². The van der Waals surface area contributed by atoms with Crippen molar-refractivity contribution in [3.63, 3.8) is 0 Å². The van der Waals surface area contributed by atoms with Crippen LogP contribution in [0.3, 0.4) is 0 Å². The Morgan fingerprint density at radius 2 is 1.80 bits per heavy atom. The zero-order chi connectivity index (χ0) is 15.0. The summed E-state index contributed by atoms with van der Waals surface area (Å²) < 4.78 is 24.4. The average molecular weight is 311 g/mol. The van der Waals surface area contributed by atoms with Gasteiger partial charge in [-0.1, -0.05) is 20.8 Å². The molecule has 0 aliphatic carbocycles. The summed E-state index contributed by atoms with van der Waals surface area (Å²) in [6.07, 6.45) is 3.00. The van der Waals surface area contributed by atoms with Crippen LogP contribution >= 0.6 is 11.3 Å². The highest BCUT2D eigenvalue weighted by Gasteiger charge is 2.23. The fourth-order valence-corrected chi connectivity index (χ4v) is 3.62. The van der Waals surface area contributed by atoms with Gasteiger partial charge in [-0.2, -0.15) is 0 Å². The Morgan fingerprint density at radius 1 is 1.20 bits per heavy atom. The van der Waals surface area contributed by atoms with Crippen molar-refractivity contribution in [2.24, 2.45) is 0 Å². The molecule has 0 radical (unpaired) electrons. The lowest BCUT2D eigenvalue weighted by atomic mass is 9.98. The first-order valence-corrected chi connectivity index (χ1v) is 8.68. The molecule has 2 aromatic heterocycles. The summed E-state index contributed by atoms with van der Waals surface area (Å²) in [6.45, 7) is 7.96. The summed E-state index contributed by atoms with van der Waals surface area (Å²) >= 11 is 1.48. The van der Waals surface area contributed by atoms with Crippen LogP contribution in [0.5, 0.6) is 0 Å². The maximum absolute atomic E-state index is 12.2. The zero-order valence-electron chi connectivity index (χ0n) is 11.9. The normalized spacial score (nSPS) is 12.6. The van der Waals surface area contributed by atoms with E-state index in [0.29, 0.717) is 5.69 Å². The molecule has 0 atom stereocenters. The van der Waals surface area contributed by atoms with Crippen molar-refractivity contribution >= 4 is 21.2 Å². The van der Waals surface area contributed by atoms with Crippen LogP contribution in [0.1, 0.15) is 37.0 Å². The number of aryl methyl sites for hydroxylation is 1. The lowest BCUT2D eigenvalue weighted by Crippen LogP contribution is -2.12. The van der Waals surface area contributed by atoms with Gasteiger partial charge in [0.15, 0.2) is 0 Å². The highest BCUT2D eigenvalue weighted by atomic mass is 32.2. The molecule has 0 bridgehead atoms. The number of hydrogen-bond acceptors (Lipinski definition) is 6. The number of nitrogens with zero attached hydrogens (tertiary/aromatic N) is 3. The molecule has 0 aliphatic rings. The highest BCUT2D eigenvalue weighted by molar-refractivity contribution is 7.90. The van der Waals surface area contributed by atoms with Crippen molar-refractivity contribution in [3.8, 4) is 0 Å². The van der Waals surface area contributed by atoms with Gasteiger partial charge in [-0.3, -0.25) is 0 Å². The van der Waals surface area contributed by atoms with Gasteiger partial charge < -0.3 is 0 Å². The summed E-state index contributed by atoms with van der Waals surface area (Å²) in [6, 6.07) is 0. The van der Waals surface area contributed by atoms with Gasteiger partial charge in [0.2, 0.25) is 15.0 Å². The van der Waals surface area contributed by atoms with E-state index in [1.807, 2.05) is 27.7 Å². The number of aromatic nitrogens is 3. The molecule has 0 saturated carbocycles. The Labute approximate surface area is 123 Å². The monoisotopic (exact) mass is 311 g/mol. The Balaban J connectivity index is 2.25. The zero-order valence-corrected chi connectivity index (χ0v) is 13.5. The number of rotatable bonds is 3. The first-order valence-electron chi connectivity index (χ1n) is 6.15. The molecule has 5 nitrogen and oxygen atoms in total. The molecule has 2 aromatic rings. The fraction of sp³-hybridized carbons (Fsp3) is 0.462. The molecule has 2 rings (SSSR count). The van der Waals surface area contributed by atoms with Crippen molar-refractivity contribution in [3.05, 3.63) is 34.0 Å². The summed E-state index contributed by atoms with van der Waals surface area (Å²) in [5.74, 6) is -0.164. The van der Waals surface area contributed by atoms with Crippen molar-refractivity contribution in [1.82, 2.24) is 15.0 Å². The van der Waals surface area contributed by atoms with E-state index < -0.39 is 9.84 Å². The maximum Gasteiger partial charge on any atom is 0.247 e. The molecular formula is C13H17N3O2S2. The van der Waals surface area contributed by atoms with Crippen LogP contribution in [0.25, 0.3) is 0 Å². The van der Waals surface area contributed by atoms with Crippen LogP contribution in [-0.2, 0) is 21.0 Å². The van der Waals surface area contributed by atoms with E-state index in [9.17, 15) is 8.42 Å². The van der Waals surface area contributed by atoms with Gasteiger partial charge in [0, 0.05) is 23.2 Å². The van der Waals surface area contributed by atoms with Gasteiger partial charge in [0.05, 0.1) is 10.7 Å². The molecule has 20 heavy (non-hydrogen) atoms. The quantitative estimate of drug-likeness (QED) is 0.814. The molecule has 0 unspecified atom stereocenters. The molecule has 7 heteroatoms. The van der Waals surface area contributed by atoms with Crippen LogP contribution in [0, 0.1) is 6.92 Å². The van der Waals surface area contributed by atoms with E-state index in [1.165, 1.54) is 23.7 Å². The second kappa shape index (κ2) is 5.21. The summed E-state index contributed by atoms with van der Waals surface area (Å²) in [5.41, 5.74) is 1.30. The third kappa shape index (κ3) is 3.40. The fourth-order valence-electron chi connectivity index (χ4n) is 1.52. The van der Waals surface area contributed by atoms with E-state index in [0.717, 1.165) is 10.6 Å². The molecule has 2 heterocycles. The third-order valence-electron chi connectivity index (χ3n) is 2.57. The number of hydrogen-bond donors (Lipinski definition) is 0. The first kappa shape index (κ1) is 15.1. The Hall–Kier alpha value is -1.34. The van der Waals surface area contributed by atoms with Gasteiger partial charge in [-0.05, 0) is 12.5 Å². The Kier molecular flexibility index (Phi) is 3.93. The standard InChI is InChI=1S/C13H17N3O2S2/c1-9-5-14-12(15-6-9)20(17,18)8-10-7-19-11(16-10)13(2,3)4/h5-7H,8H2,1-4H3. The number of sulfone groups is 1. The summed E-state index contributed by atoms with van der Waals surface area (Å²) in [4.78, 5) is 12.2. The molecule has 0 fully saturated rings. The molecule has 0 aliphatic heterocycles. The van der Waals surface area contributed by atoms with Crippen LogP contribution in [0.2, 0.25) is 0 Å². The van der Waals surface area contributed by atoms with Crippen LogP contribution in [0.15, 0.2) is 22.9 Å². The first-order chi connectivity index (χ1) is 9.18. The third-order valence-corrected chi connectivity index (χ3v) is 5.33. The Morgan fingerprint density at radius 3 is 2.30 bits per heavy atom. The van der Waals surface area contributed by atoms with Gasteiger partial charge >= 0.3 is 0 Å². The van der Waals surface area contributed by atoms with Gasteiger partial charge in [0.25, 0.3) is 0 Å². The van der Waals surface area contributed by atoms with E-state index in [2.05, 4.69) is 15.0 Å². The number of thiazole rings is 1. The largest absolute Gasteiger partial charge is 0.247 e. The minimum absolute atomic E-state index is 0.0764. The van der Waals surface area contributed by atoms with Gasteiger partial charge in [-0.25, -0.2) is 23.4 Å². The minimum Gasteiger partial charge on any atom is -0.245 e. The average Bonchev–Trinajstić information content (AvgIpc) is 2.77. The second-order valence-corrected chi connectivity index (χ2v) is 8.44. The molecule has 0 saturated heterocycles. The molecule has 0 amide bonds. The van der Waals surface area contributed by atoms with E-state index in [1.54, 1.807) is 5.38 Å². The summed E-state index contributed by atoms with van der Waals surface area (Å²) in [7, 11) is -3.54. The topological polar surface area (TPSA) is 72.8 Å². The predicted octanol–water partition coefficient (Wildman–Crippen LogP) is 2.51.